The Balaban J connectivity index is 2.11. The molecule has 0 spiro atoms. The van der Waals surface area contributed by atoms with E-state index >= 15 is 0 Å². The number of fused-ring (bicyclic) bond motifs is 1. The Morgan fingerprint density at radius 1 is 1.05 bits per heavy atom. The van der Waals surface area contributed by atoms with Gasteiger partial charge in [-0.1, -0.05) is 47.5 Å². The van der Waals surface area contributed by atoms with Gasteiger partial charge >= 0.3 is 0 Å². The summed E-state index contributed by atoms with van der Waals surface area (Å²) in [6.45, 7) is 0. The van der Waals surface area contributed by atoms with Crippen LogP contribution in [0.5, 0.6) is 0 Å². The Morgan fingerprint density at radius 2 is 1.85 bits per heavy atom. The zero-order valence-corrected chi connectivity index (χ0v) is 11.9. The van der Waals surface area contributed by atoms with Crippen molar-refractivity contribution in [2.24, 2.45) is 5.84 Å². The zero-order chi connectivity index (χ0) is 14.1. The van der Waals surface area contributed by atoms with E-state index in [1.54, 1.807) is 18.4 Å². The van der Waals surface area contributed by atoms with Crippen molar-refractivity contribution in [3.63, 3.8) is 0 Å². The summed E-state index contributed by atoms with van der Waals surface area (Å²) < 4.78 is 5.55. The number of hydrogen-bond donors (Lipinski definition) is 2. The Hall–Kier alpha value is -1.52. The van der Waals surface area contributed by atoms with Crippen LogP contribution in [0.4, 0.5) is 0 Å². The van der Waals surface area contributed by atoms with Gasteiger partial charge in [0.1, 0.15) is 5.58 Å². The quantitative estimate of drug-likeness (QED) is 0.560. The van der Waals surface area contributed by atoms with Crippen molar-refractivity contribution in [3.8, 4) is 0 Å². The molecule has 1 unspecified atom stereocenters. The first kappa shape index (κ1) is 13.5. The summed E-state index contributed by atoms with van der Waals surface area (Å²) in [6.07, 6.45) is 1.71. The van der Waals surface area contributed by atoms with E-state index in [9.17, 15) is 0 Å². The lowest BCUT2D eigenvalue weighted by Crippen LogP contribution is -2.28. The van der Waals surface area contributed by atoms with E-state index in [2.05, 4.69) is 5.43 Å². The van der Waals surface area contributed by atoms with Crippen molar-refractivity contribution in [2.75, 3.05) is 0 Å². The Bertz CT molecular complexity index is 754. The van der Waals surface area contributed by atoms with E-state index < -0.39 is 0 Å². The summed E-state index contributed by atoms with van der Waals surface area (Å²) in [5.74, 6) is 5.71. The van der Waals surface area contributed by atoms with E-state index in [-0.39, 0.29) is 6.04 Å². The first-order chi connectivity index (χ1) is 9.70. The molecule has 2 aromatic carbocycles. The van der Waals surface area contributed by atoms with Gasteiger partial charge in [0.25, 0.3) is 0 Å². The van der Waals surface area contributed by atoms with Crippen LogP contribution in [-0.4, -0.2) is 0 Å². The third-order valence-corrected chi connectivity index (χ3v) is 4.00. The van der Waals surface area contributed by atoms with Crippen molar-refractivity contribution in [1.29, 1.82) is 0 Å². The van der Waals surface area contributed by atoms with Crippen LogP contribution in [-0.2, 0) is 0 Å². The van der Waals surface area contributed by atoms with E-state index in [1.807, 2.05) is 30.3 Å². The molecule has 3 rings (SSSR count). The lowest BCUT2D eigenvalue weighted by molar-refractivity contribution is 0.586. The number of halogens is 2. The van der Waals surface area contributed by atoms with Crippen LogP contribution in [0.25, 0.3) is 11.0 Å². The molecule has 0 aliphatic rings. The number of hydrogen-bond acceptors (Lipinski definition) is 3. The molecular formula is C15H12Cl2N2O. The number of furan rings is 1. The van der Waals surface area contributed by atoms with Gasteiger partial charge in [0.2, 0.25) is 0 Å². The highest BCUT2D eigenvalue weighted by Crippen LogP contribution is 2.32. The molecule has 0 bridgehead atoms. The molecule has 0 aliphatic carbocycles. The summed E-state index contributed by atoms with van der Waals surface area (Å²) in [6, 6.07) is 13.0. The van der Waals surface area contributed by atoms with Crippen molar-refractivity contribution in [3.05, 3.63) is 69.9 Å². The van der Waals surface area contributed by atoms with Gasteiger partial charge in [-0.25, -0.2) is 5.43 Å². The Kier molecular flexibility index (Phi) is 3.68. The Labute approximate surface area is 126 Å². The van der Waals surface area contributed by atoms with Gasteiger partial charge < -0.3 is 4.42 Å². The largest absolute Gasteiger partial charge is 0.464 e. The molecule has 0 radical (unpaired) electrons. The maximum Gasteiger partial charge on any atom is 0.134 e. The van der Waals surface area contributed by atoms with Gasteiger partial charge in [-0.2, -0.15) is 0 Å². The normalized spacial score (nSPS) is 12.8. The molecular weight excluding hydrogens is 295 g/mol. The van der Waals surface area contributed by atoms with Gasteiger partial charge in [-0.3, -0.25) is 5.84 Å². The van der Waals surface area contributed by atoms with Crippen LogP contribution < -0.4 is 11.3 Å². The number of hydrazine groups is 1. The molecule has 0 saturated carbocycles. The molecule has 0 saturated heterocycles. The molecule has 0 fully saturated rings. The molecule has 1 aromatic heterocycles. The van der Waals surface area contributed by atoms with Crippen LogP contribution in [0.2, 0.25) is 10.0 Å². The van der Waals surface area contributed by atoms with Gasteiger partial charge in [0.15, 0.2) is 0 Å². The van der Waals surface area contributed by atoms with Crippen LogP contribution in [0, 0.1) is 0 Å². The number of para-hydroxylation sites is 1. The highest BCUT2D eigenvalue weighted by Gasteiger charge is 2.18. The summed E-state index contributed by atoms with van der Waals surface area (Å²) in [5, 5.41) is 2.03. The average molecular weight is 307 g/mol. The highest BCUT2D eigenvalue weighted by atomic mass is 35.5. The summed E-state index contributed by atoms with van der Waals surface area (Å²) in [5.41, 5.74) is 5.50. The number of nitrogens with one attached hydrogen (secondary N) is 1. The standard InChI is InChI=1S/C15H12Cl2N2O/c16-12-6-5-9(7-13(12)17)15(19-18)11-8-20-14-4-2-1-3-10(11)14/h1-8,15,19H,18H2. The molecule has 1 heterocycles. The van der Waals surface area contributed by atoms with E-state index in [4.69, 9.17) is 33.5 Å². The number of benzene rings is 2. The molecule has 1 atom stereocenters. The van der Waals surface area contributed by atoms with E-state index in [0.717, 1.165) is 22.1 Å². The fourth-order valence-corrected chi connectivity index (χ4v) is 2.59. The minimum Gasteiger partial charge on any atom is -0.464 e. The Morgan fingerprint density at radius 3 is 2.60 bits per heavy atom. The monoisotopic (exact) mass is 306 g/mol. The van der Waals surface area contributed by atoms with E-state index in [0.29, 0.717) is 10.0 Å². The first-order valence-electron chi connectivity index (χ1n) is 6.08. The van der Waals surface area contributed by atoms with Crippen molar-refractivity contribution >= 4 is 34.2 Å². The van der Waals surface area contributed by atoms with Crippen LogP contribution in [0.1, 0.15) is 17.2 Å². The second kappa shape index (κ2) is 5.46. The van der Waals surface area contributed by atoms with Crippen LogP contribution in [0.3, 0.4) is 0 Å². The lowest BCUT2D eigenvalue weighted by atomic mass is 9.99. The van der Waals surface area contributed by atoms with Gasteiger partial charge in [0.05, 0.1) is 22.4 Å². The smallest absolute Gasteiger partial charge is 0.134 e. The fraction of sp³-hybridized carbons (Fsp3) is 0.0667. The minimum absolute atomic E-state index is 0.214. The third kappa shape index (κ3) is 2.30. The molecule has 0 aliphatic heterocycles. The molecule has 0 amide bonds. The molecule has 20 heavy (non-hydrogen) atoms. The molecule has 3 N–H and O–H groups in total. The first-order valence-corrected chi connectivity index (χ1v) is 6.83. The van der Waals surface area contributed by atoms with Gasteiger partial charge in [-0.15, -0.1) is 0 Å². The summed E-state index contributed by atoms with van der Waals surface area (Å²) >= 11 is 12.0. The second-order valence-corrected chi connectivity index (χ2v) is 5.27. The molecule has 3 nitrogen and oxygen atoms in total. The number of nitrogens with two attached hydrogens (primary N) is 1. The number of rotatable bonds is 3. The molecule has 5 heteroatoms. The van der Waals surface area contributed by atoms with Crippen LogP contribution in [0.15, 0.2) is 53.1 Å². The van der Waals surface area contributed by atoms with Gasteiger partial charge in [-0.05, 0) is 23.8 Å². The topological polar surface area (TPSA) is 51.2 Å². The van der Waals surface area contributed by atoms with Crippen molar-refractivity contribution < 1.29 is 4.42 Å². The predicted molar refractivity (Wildman–Crippen MR) is 81.8 cm³/mol. The van der Waals surface area contributed by atoms with Gasteiger partial charge in [0, 0.05) is 10.9 Å². The summed E-state index contributed by atoms with van der Waals surface area (Å²) in [7, 11) is 0. The van der Waals surface area contributed by atoms with Crippen LogP contribution >= 0.6 is 23.2 Å². The average Bonchev–Trinajstić information content (AvgIpc) is 2.88. The fourth-order valence-electron chi connectivity index (χ4n) is 2.28. The predicted octanol–water partition coefficient (Wildman–Crippen LogP) is 4.29. The molecule has 102 valence electrons. The highest BCUT2D eigenvalue weighted by molar-refractivity contribution is 6.42. The summed E-state index contributed by atoms with van der Waals surface area (Å²) in [4.78, 5) is 0. The maximum absolute atomic E-state index is 6.07. The zero-order valence-electron chi connectivity index (χ0n) is 10.4. The second-order valence-electron chi connectivity index (χ2n) is 4.46. The lowest BCUT2D eigenvalue weighted by Gasteiger charge is -2.16. The third-order valence-electron chi connectivity index (χ3n) is 3.27. The van der Waals surface area contributed by atoms with Crippen molar-refractivity contribution in [2.45, 2.75) is 6.04 Å². The maximum atomic E-state index is 6.07. The SMILES string of the molecule is NNC(c1ccc(Cl)c(Cl)c1)c1coc2ccccc12. The van der Waals surface area contributed by atoms with E-state index in [1.165, 1.54) is 0 Å². The molecule has 3 aromatic rings. The van der Waals surface area contributed by atoms with Crippen molar-refractivity contribution in [1.82, 2.24) is 5.43 Å². The minimum atomic E-state index is -0.214.